The van der Waals surface area contributed by atoms with Crippen LogP contribution in [0.15, 0.2) is 29.5 Å². The molecule has 5 heteroatoms. The molecule has 1 aliphatic rings. The zero-order chi connectivity index (χ0) is 20.7. The largest absolute Gasteiger partial charge is 0.477 e. The van der Waals surface area contributed by atoms with E-state index in [1.54, 1.807) is 6.20 Å². The van der Waals surface area contributed by atoms with Gasteiger partial charge in [-0.05, 0) is 25.7 Å². The number of carboxylic acid groups (broad SMARTS) is 1. The molecule has 0 aromatic rings. The van der Waals surface area contributed by atoms with Crippen molar-refractivity contribution < 1.29 is 14.4 Å². The summed E-state index contributed by atoms with van der Waals surface area (Å²) in [5, 5.41) is 9.24. The second-order valence-corrected chi connectivity index (χ2v) is 8.05. The van der Waals surface area contributed by atoms with Crippen LogP contribution in [-0.2, 0) is 4.79 Å². The van der Waals surface area contributed by atoms with Crippen LogP contribution in [0.25, 0.3) is 0 Å². The van der Waals surface area contributed by atoms with Gasteiger partial charge in [0.05, 0.1) is 6.20 Å². The van der Waals surface area contributed by atoms with Crippen LogP contribution in [0.3, 0.4) is 0 Å². The summed E-state index contributed by atoms with van der Waals surface area (Å²) < 4.78 is 0.169. The normalized spacial score (nSPS) is 20.0. The Morgan fingerprint density at radius 2 is 1.64 bits per heavy atom. The maximum Gasteiger partial charge on any atom is 0.360 e. The third-order valence-electron chi connectivity index (χ3n) is 5.57. The van der Waals surface area contributed by atoms with E-state index in [2.05, 4.69) is 24.1 Å². The van der Waals surface area contributed by atoms with E-state index < -0.39 is 5.97 Å². The zero-order valence-corrected chi connectivity index (χ0v) is 18.1. The predicted octanol–water partition coefficient (Wildman–Crippen LogP) is 5.72. The fourth-order valence-corrected chi connectivity index (χ4v) is 3.75. The summed E-state index contributed by atoms with van der Waals surface area (Å²) >= 11 is 0. The highest BCUT2D eigenvalue weighted by Gasteiger charge is 2.40. The highest BCUT2D eigenvalue weighted by Crippen LogP contribution is 2.23. The first-order chi connectivity index (χ1) is 13.5. The monoisotopic (exact) mass is 392 g/mol. The second-order valence-electron chi connectivity index (χ2n) is 8.05. The molecule has 3 N–H and O–H groups in total. The number of aliphatic imine (C=N–C) groups is 1. The van der Waals surface area contributed by atoms with Gasteiger partial charge >= 0.3 is 5.97 Å². The van der Waals surface area contributed by atoms with Crippen LogP contribution in [-0.4, -0.2) is 34.1 Å². The average molecular weight is 393 g/mol. The molecule has 0 saturated heterocycles. The summed E-state index contributed by atoms with van der Waals surface area (Å²) in [5.74, 6) is 0.0531. The fourth-order valence-electron chi connectivity index (χ4n) is 3.75. The van der Waals surface area contributed by atoms with Crippen molar-refractivity contribution in [2.45, 2.75) is 103 Å². The van der Waals surface area contributed by atoms with Crippen molar-refractivity contribution in [3.05, 3.63) is 24.6 Å². The molecule has 2 atom stereocenters. The van der Waals surface area contributed by atoms with Gasteiger partial charge in [-0.3, -0.25) is 5.73 Å². The average Bonchev–Trinajstić information content (AvgIpc) is 3.05. The predicted molar refractivity (Wildman–Crippen MR) is 118 cm³/mol. The molecular formula is C23H42N3O2+. The molecule has 0 saturated carbocycles. The van der Waals surface area contributed by atoms with E-state index in [-0.39, 0.29) is 17.2 Å². The minimum absolute atomic E-state index is 0.0270. The lowest BCUT2D eigenvalue weighted by atomic mass is 10.1. The fraction of sp³-hybridized carbons (Fsp3) is 0.739. The molecule has 160 valence electrons. The van der Waals surface area contributed by atoms with E-state index in [9.17, 15) is 9.90 Å². The van der Waals surface area contributed by atoms with Crippen molar-refractivity contribution in [2.75, 3.05) is 6.54 Å². The summed E-state index contributed by atoms with van der Waals surface area (Å²) in [7, 11) is 0. The number of nitrogens with two attached hydrogens (primary N) is 1. The smallest absolute Gasteiger partial charge is 0.360 e. The molecule has 28 heavy (non-hydrogen) atoms. The Bertz CT molecular complexity index is 526. The van der Waals surface area contributed by atoms with E-state index in [1.807, 2.05) is 13.1 Å². The quantitative estimate of drug-likeness (QED) is 0.189. The van der Waals surface area contributed by atoms with Gasteiger partial charge in [0.2, 0.25) is 5.84 Å². The Morgan fingerprint density at radius 1 is 1.07 bits per heavy atom. The number of amidine groups is 1. The first-order valence-electron chi connectivity index (χ1n) is 11.3. The highest BCUT2D eigenvalue weighted by atomic mass is 16.4. The van der Waals surface area contributed by atoms with Crippen LogP contribution in [0.1, 0.15) is 97.3 Å². The summed E-state index contributed by atoms with van der Waals surface area (Å²) in [6.45, 7) is 4.07. The number of unbranched alkanes of at least 4 members (excludes halogenated alkanes) is 10. The van der Waals surface area contributed by atoms with Crippen LogP contribution in [0, 0.1) is 0 Å². The lowest BCUT2D eigenvalue weighted by Crippen LogP contribution is -2.59. The van der Waals surface area contributed by atoms with Gasteiger partial charge in [-0.25, -0.2) is 14.3 Å². The Labute approximate surface area is 172 Å². The van der Waals surface area contributed by atoms with Gasteiger partial charge in [0.25, 0.3) is 0 Å². The number of carbonyl (C=O) groups is 1. The molecule has 0 fully saturated rings. The summed E-state index contributed by atoms with van der Waals surface area (Å²) in [4.78, 5) is 15.7. The molecule has 0 aromatic heterocycles. The third-order valence-corrected chi connectivity index (χ3v) is 5.57. The van der Waals surface area contributed by atoms with E-state index in [1.165, 1.54) is 70.6 Å². The van der Waals surface area contributed by atoms with E-state index >= 15 is 0 Å². The van der Waals surface area contributed by atoms with E-state index in [0.29, 0.717) is 0 Å². The highest BCUT2D eigenvalue weighted by molar-refractivity contribution is 5.81. The third kappa shape index (κ3) is 9.16. The number of hydrogen-bond donors (Lipinski definition) is 2. The first-order valence-corrected chi connectivity index (χ1v) is 11.3. The van der Waals surface area contributed by atoms with Gasteiger partial charge in [-0.2, -0.15) is 0 Å². The van der Waals surface area contributed by atoms with E-state index in [4.69, 9.17) is 5.73 Å². The summed E-state index contributed by atoms with van der Waals surface area (Å²) in [6.07, 6.45) is 23.9. The minimum atomic E-state index is -0.840. The molecule has 5 nitrogen and oxygen atoms in total. The lowest BCUT2D eigenvalue weighted by molar-refractivity contribution is -0.805. The van der Waals surface area contributed by atoms with Crippen molar-refractivity contribution in [2.24, 2.45) is 10.7 Å². The molecule has 0 amide bonds. The van der Waals surface area contributed by atoms with Crippen LogP contribution in [0.2, 0.25) is 0 Å². The van der Waals surface area contributed by atoms with Crippen LogP contribution in [0.4, 0.5) is 0 Å². The van der Waals surface area contributed by atoms with Crippen molar-refractivity contribution in [3.63, 3.8) is 0 Å². The van der Waals surface area contributed by atoms with Gasteiger partial charge in [-0.1, -0.05) is 70.4 Å². The van der Waals surface area contributed by atoms with Gasteiger partial charge in [0.15, 0.2) is 6.54 Å². The zero-order valence-electron chi connectivity index (χ0n) is 18.1. The number of nitrogens with zero attached hydrogens (tertiary/aromatic N) is 2. The molecule has 0 aliphatic carbocycles. The SMILES string of the molecule is CCCC/C=C/CCCCCCCCCCC1=NC=C[N+]1(CC(=O)O)C(C)N. The Morgan fingerprint density at radius 3 is 2.21 bits per heavy atom. The van der Waals surface area contributed by atoms with Crippen LogP contribution >= 0.6 is 0 Å². The van der Waals surface area contributed by atoms with Crippen LogP contribution in [0.5, 0.6) is 0 Å². The molecule has 0 bridgehead atoms. The Balaban J connectivity index is 2.07. The number of hydrogen-bond acceptors (Lipinski definition) is 3. The molecule has 0 radical (unpaired) electrons. The topological polar surface area (TPSA) is 75.7 Å². The molecule has 2 unspecified atom stereocenters. The van der Waals surface area contributed by atoms with Crippen molar-refractivity contribution in [3.8, 4) is 0 Å². The minimum Gasteiger partial charge on any atom is -0.477 e. The van der Waals surface area contributed by atoms with Gasteiger partial charge in [0.1, 0.15) is 12.4 Å². The first kappa shape index (κ1) is 24.6. The number of quaternary nitrogens is 1. The number of carboxylic acids is 1. The van der Waals surface area contributed by atoms with Gasteiger partial charge < -0.3 is 5.11 Å². The van der Waals surface area contributed by atoms with Gasteiger partial charge in [0, 0.05) is 13.3 Å². The van der Waals surface area contributed by atoms with E-state index in [0.717, 1.165) is 18.7 Å². The molecule has 0 aromatic carbocycles. The van der Waals surface area contributed by atoms with Crippen molar-refractivity contribution in [1.29, 1.82) is 0 Å². The maximum absolute atomic E-state index is 11.2. The Hall–Kier alpha value is -1.46. The van der Waals surface area contributed by atoms with Crippen LogP contribution < -0.4 is 5.73 Å². The summed E-state index contributed by atoms with van der Waals surface area (Å²) in [5.41, 5.74) is 6.09. The van der Waals surface area contributed by atoms with Crippen molar-refractivity contribution >= 4 is 11.8 Å². The Kier molecular flexibility index (Phi) is 12.8. The lowest BCUT2D eigenvalue weighted by Gasteiger charge is -2.34. The summed E-state index contributed by atoms with van der Waals surface area (Å²) in [6, 6.07) is 0. The number of rotatable bonds is 17. The standard InChI is InChI=1S/C23H41N3O2/c1-3-4-5-6-7-8-9-10-11-12-13-14-15-16-17-22-25-18-19-26(22,21(2)24)20-23(27)28/h6-7,18-19,21H,3-5,8-17,20,24H2,1-2H3/p+1/b7-6+. The second kappa shape index (κ2) is 14.5. The maximum atomic E-state index is 11.2. The molecule has 0 spiro atoms. The number of allylic oxidation sites excluding steroid dienone is 2. The van der Waals surface area contributed by atoms with Crippen molar-refractivity contribution in [1.82, 2.24) is 0 Å². The number of aliphatic carboxylic acids is 1. The molecule has 1 aliphatic heterocycles. The van der Waals surface area contributed by atoms with Gasteiger partial charge in [-0.15, -0.1) is 0 Å². The molecular weight excluding hydrogens is 350 g/mol. The molecule has 1 heterocycles. The molecule has 1 rings (SSSR count).